The number of nitrogens with zero attached hydrogens (tertiary/aromatic N) is 1. The molecule has 3 aromatic rings. The van der Waals surface area contributed by atoms with Crippen LogP contribution in [-0.2, 0) is 0 Å². The van der Waals surface area contributed by atoms with E-state index in [0.29, 0.717) is 0 Å². The molecule has 3 rings (SSSR count). The van der Waals surface area contributed by atoms with E-state index in [9.17, 15) is 0 Å². The molecule has 0 aliphatic heterocycles. The van der Waals surface area contributed by atoms with E-state index in [1.165, 1.54) is 5.39 Å². The molecule has 0 atom stereocenters. The Morgan fingerprint density at radius 3 is 3.07 bits per heavy atom. The van der Waals surface area contributed by atoms with Crippen LogP contribution in [0, 0.1) is 13.8 Å². The van der Waals surface area contributed by atoms with Crippen LogP contribution in [0.15, 0.2) is 22.9 Å². The molecule has 1 N–H and O–H groups in total. The molecule has 14 heavy (non-hydrogen) atoms. The van der Waals surface area contributed by atoms with Gasteiger partial charge in [0, 0.05) is 17.1 Å². The molecule has 2 aromatic heterocycles. The number of aromatic nitrogens is 2. The second kappa shape index (κ2) is 2.38. The van der Waals surface area contributed by atoms with Crippen molar-refractivity contribution in [3.8, 4) is 0 Å². The highest BCUT2D eigenvalue weighted by atomic mass is 16.5. The number of aryl methyl sites for hydroxylation is 2. The van der Waals surface area contributed by atoms with Crippen molar-refractivity contribution in [1.82, 2.24) is 10.1 Å². The summed E-state index contributed by atoms with van der Waals surface area (Å²) in [6.45, 7) is 4.00. The molecule has 0 amide bonds. The van der Waals surface area contributed by atoms with Gasteiger partial charge in [-0.25, -0.2) is 0 Å². The Hall–Kier alpha value is -1.77. The molecule has 0 unspecified atom stereocenters. The summed E-state index contributed by atoms with van der Waals surface area (Å²) in [6, 6.07) is 4.14. The first-order valence-corrected chi connectivity index (χ1v) is 4.60. The number of hydrogen-bond donors (Lipinski definition) is 1. The lowest BCUT2D eigenvalue weighted by molar-refractivity contribution is 0.449. The zero-order chi connectivity index (χ0) is 9.71. The lowest BCUT2D eigenvalue weighted by Crippen LogP contribution is -1.77. The Kier molecular flexibility index (Phi) is 1.29. The normalized spacial score (nSPS) is 11.6. The topological polar surface area (TPSA) is 41.8 Å². The van der Waals surface area contributed by atoms with E-state index in [1.54, 1.807) is 0 Å². The second-order valence-electron chi connectivity index (χ2n) is 3.60. The number of H-pyrrole nitrogens is 1. The number of nitrogens with one attached hydrogen (secondary N) is 1. The van der Waals surface area contributed by atoms with Gasteiger partial charge in [-0.05, 0) is 31.5 Å². The molecule has 70 valence electrons. The third-order valence-corrected chi connectivity index (χ3v) is 2.63. The molecule has 1 aromatic carbocycles. The first-order valence-electron chi connectivity index (χ1n) is 4.60. The van der Waals surface area contributed by atoms with Crippen molar-refractivity contribution >= 4 is 21.9 Å². The van der Waals surface area contributed by atoms with E-state index in [4.69, 9.17) is 4.52 Å². The van der Waals surface area contributed by atoms with Crippen LogP contribution in [0.5, 0.6) is 0 Å². The highest BCUT2D eigenvalue weighted by Crippen LogP contribution is 2.29. The van der Waals surface area contributed by atoms with E-state index >= 15 is 0 Å². The Morgan fingerprint density at radius 1 is 1.36 bits per heavy atom. The fraction of sp³-hybridized carbons (Fsp3) is 0.182. The van der Waals surface area contributed by atoms with Gasteiger partial charge in [-0.2, -0.15) is 0 Å². The SMILES string of the molecule is Cc1cc2[nH]ccc2c2c(C)noc12. The predicted octanol–water partition coefficient (Wildman–Crippen LogP) is 2.93. The maximum absolute atomic E-state index is 5.29. The third kappa shape index (κ3) is 0.789. The number of aromatic amines is 1. The largest absolute Gasteiger partial charge is 0.361 e. The van der Waals surface area contributed by atoms with Crippen LogP contribution < -0.4 is 0 Å². The van der Waals surface area contributed by atoms with Gasteiger partial charge in [-0.3, -0.25) is 0 Å². The van der Waals surface area contributed by atoms with Crippen molar-refractivity contribution in [2.75, 3.05) is 0 Å². The average Bonchev–Trinajstić information content (AvgIpc) is 2.71. The quantitative estimate of drug-likeness (QED) is 0.586. The first kappa shape index (κ1) is 7.62. The maximum Gasteiger partial charge on any atom is 0.170 e. The van der Waals surface area contributed by atoms with Gasteiger partial charge < -0.3 is 9.51 Å². The van der Waals surface area contributed by atoms with Crippen LogP contribution in [0.2, 0.25) is 0 Å². The van der Waals surface area contributed by atoms with Crippen molar-refractivity contribution in [2.45, 2.75) is 13.8 Å². The molecule has 3 nitrogen and oxygen atoms in total. The summed E-state index contributed by atoms with van der Waals surface area (Å²) in [5, 5.41) is 6.31. The van der Waals surface area contributed by atoms with Crippen LogP contribution in [0.1, 0.15) is 11.3 Å². The number of benzene rings is 1. The van der Waals surface area contributed by atoms with Gasteiger partial charge in [0.2, 0.25) is 0 Å². The minimum Gasteiger partial charge on any atom is -0.361 e. The molecule has 0 saturated heterocycles. The molecule has 0 radical (unpaired) electrons. The zero-order valence-corrected chi connectivity index (χ0v) is 8.09. The fourth-order valence-electron chi connectivity index (χ4n) is 1.96. The van der Waals surface area contributed by atoms with Gasteiger partial charge in [0.1, 0.15) is 0 Å². The summed E-state index contributed by atoms with van der Waals surface area (Å²) in [4.78, 5) is 3.20. The number of hydrogen-bond acceptors (Lipinski definition) is 2. The van der Waals surface area contributed by atoms with Crippen LogP contribution in [0.3, 0.4) is 0 Å². The fourth-order valence-corrected chi connectivity index (χ4v) is 1.96. The van der Waals surface area contributed by atoms with Crippen molar-refractivity contribution in [3.05, 3.63) is 29.6 Å². The van der Waals surface area contributed by atoms with E-state index in [0.717, 1.165) is 27.7 Å². The Labute approximate surface area is 80.7 Å². The first-order chi connectivity index (χ1) is 6.77. The van der Waals surface area contributed by atoms with Gasteiger partial charge in [-0.15, -0.1) is 0 Å². The number of rotatable bonds is 0. The second-order valence-corrected chi connectivity index (χ2v) is 3.60. The maximum atomic E-state index is 5.29. The van der Waals surface area contributed by atoms with Crippen molar-refractivity contribution in [3.63, 3.8) is 0 Å². The zero-order valence-electron chi connectivity index (χ0n) is 8.09. The number of fused-ring (bicyclic) bond motifs is 3. The molecular formula is C11H10N2O. The van der Waals surface area contributed by atoms with Gasteiger partial charge in [0.15, 0.2) is 5.58 Å². The van der Waals surface area contributed by atoms with Gasteiger partial charge in [-0.1, -0.05) is 5.16 Å². The lowest BCUT2D eigenvalue weighted by atomic mass is 10.1. The highest BCUT2D eigenvalue weighted by Gasteiger charge is 2.11. The third-order valence-electron chi connectivity index (χ3n) is 2.63. The van der Waals surface area contributed by atoms with Gasteiger partial charge in [0.05, 0.1) is 11.1 Å². The molecule has 0 aliphatic rings. The standard InChI is InChI=1S/C11H10N2O/c1-6-5-9-8(3-4-12-9)10-7(2)13-14-11(6)10/h3-5,12H,1-2H3. The highest BCUT2D eigenvalue weighted by molar-refractivity contribution is 6.07. The van der Waals surface area contributed by atoms with E-state index in [1.807, 2.05) is 20.0 Å². The van der Waals surface area contributed by atoms with Crippen molar-refractivity contribution < 1.29 is 4.52 Å². The van der Waals surface area contributed by atoms with Gasteiger partial charge >= 0.3 is 0 Å². The summed E-state index contributed by atoms with van der Waals surface area (Å²) >= 11 is 0. The summed E-state index contributed by atoms with van der Waals surface area (Å²) < 4.78 is 5.29. The van der Waals surface area contributed by atoms with Crippen molar-refractivity contribution in [2.24, 2.45) is 0 Å². The molecule has 3 heteroatoms. The molecular weight excluding hydrogens is 176 g/mol. The minimum atomic E-state index is 0.898. The minimum absolute atomic E-state index is 0.898. The van der Waals surface area contributed by atoms with Crippen LogP contribution in [0.4, 0.5) is 0 Å². The Balaban J connectivity index is 2.70. The van der Waals surface area contributed by atoms with Crippen LogP contribution in [0.25, 0.3) is 21.9 Å². The Morgan fingerprint density at radius 2 is 2.21 bits per heavy atom. The lowest BCUT2D eigenvalue weighted by Gasteiger charge is -1.96. The van der Waals surface area contributed by atoms with Crippen LogP contribution >= 0.6 is 0 Å². The van der Waals surface area contributed by atoms with E-state index < -0.39 is 0 Å². The Bertz CT molecular complexity index is 619. The monoisotopic (exact) mass is 186 g/mol. The van der Waals surface area contributed by atoms with E-state index in [2.05, 4.69) is 22.3 Å². The summed E-state index contributed by atoms with van der Waals surface area (Å²) in [5.41, 5.74) is 4.11. The summed E-state index contributed by atoms with van der Waals surface area (Å²) in [5.74, 6) is 0. The van der Waals surface area contributed by atoms with Gasteiger partial charge in [0.25, 0.3) is 0 Å². The molecule has 0 spiro atoms. The predicted molar refractivity (Wildman–Crippen MR) is 55.3 cm³/mol. The summed E-state index contributed by atoms with van der Waals surface area (Å²) in [6.07, 6.45) is 1.94. The molecule has 0 saturated carbocycles. The average molecular weight is 186 g/mol. The molecule has 2 heterocycles. The molecule has 0 bridgehead atoms. The molecule has 0 fully saturated rings. The smallest absolute Gasteiger partial charge is 0.170 e. The van der Waals surface area contributed by atoms with Crippen molar-refractivity contribution in [1.29, 1.82) is 0 Å². The summed E-state index contributed by atoms with van der Waals surface area (Å²) in [7, 11) is 0. The van der Waals surface area contributed by atoms with E-state index in [-0.39, 0.29) is 0 Å². The van der Waals surface area contributed by atoms with Crippen LogP contribution in [-0.4, -0.2) is 10.1 Å². The molecule has 0 aliphatic carbocycles.